The highest BCUT2D eigenvalue weighted by Gasteiger charge is 2.33. The van der Waals surface area contributed by atoms with E-state index in [-0.39, 0.29) is 17.3 Å². The summed E-state index contributed by atoms with van der Waals surface area (Å²) in [6.07, 6.45) is 1.42. The van der Waals surface area contributed by atoms with Crippen molar-refractivity contribution in [1.29, 1.82) is 0 Å². The number of nitrogens with one attached hydrogen (secondary N) is 1. The Balaban J connectivity index is 2.93. The van der Waals surface area contributed by atoms with E-state index in [4.69, 9.17) is 4.74 Å². The van der Waals surface area contributed by atoms with Crippen LogP contribution in [0.15, 0.2) is 6.33 Å². The molecule has 0 bridgehead atoms. The molecule has 1 heterocycles. The summed E-state index contributed by atoms with van der Waals surface area (Å²) < 4.78 is 6.86. The van der Waals surface area contributed by atoms with Gasteiger partial charge in [0.15, 0.2) is 0 Å². The molecule has 0 saturated heterocycles. The number of aryl methyl sites for hydroxylation is 1. The molecule has 0 saturated carbocycles. The van der Waals surface area contributed by atoms with Gasteiger partial charge in [-0.25, -0.2) is 9.78 Å². The number of nitrogens with zero attached hydrogens (tertiary/aromatic N) is 4. The lowest BCUT2D eigenvalue weighted by Gasteiger charge is -2.33. The van der Waals surface area contributed by atoms with Crippen molar-refractivity contribution in [2.24, 2.45) is 12.5 Å². The first-order valence-electron chi connectivity index (χ1n) is 7.91. The number of carbonyl (C=O) groups is 2. The molecular weight excluding hydrogens is 310 g/mol. The lowest BCUT2D eigenvalue weighted by molar-refractivity contribution is -0.122. The van der Waals surface area contributed by atoms with Crippen LogP contribution < -0.4 is 5.32 Å². The second-order valence-electron chi connectivity index (χ2n) is 8.10. The average Bonchev–Trinajstić information content (AvgIpc) is 2.77. The van der Waals surface area contributed by atoms with Crippen LogP contribution >= 0.6 is 0 Å². The van der Waals surface area contributed by atoms with Gasteiger partial charge in [0.25, 0.3) is 0 Å². The van der Waals surface area contributed by atoms with Crippen molar-refractivity contribution in [3.63, 3.8) is 0 Å². The number of carbonyl (C=O) groups excluding carboxylic acids is 2. The smallest absolute Gasteiger partial charge is 0.410 e. The van der Waals surface area contributed by atoms with E-state index in [0.717, 1.165) is 0 Å². The second kappa shape index (κ2) is 7.19. The maximum atomic E-state index is 12.7. The third-order valence-electron chi connectivity index (χ3n) is 3.09. The van der Waals surface area contributed by atoms with Gasteiger partial charge in [0, 0.05) is 14.1 Å². The lowest BCUT2D eigenvalue weighted by Crippen LogP contribution is -2.48. The largest absolute Gasteiger partial charge is 0.444 e. The normalized spacial score (nSPS) is 13.3. The first-order valence-corrected chi connectivity index (χ1v) is 7.91. The van der Waals surface area contributed by atoms with Crippen molar-refractivity contribution in [3.05, 3.63) is 6.33 Å². The number of amides is 2. The fourth-order valence-corrected chi connectivity index (χ4v) is 2.04. The number of hydrogen-bond donors (Lipinski definition) is 1. The molecule has 0 aromatic carbocycles. The maximum Gasteiger partial charge on any atom is 0.410 e. The van der Waals surface area contributed by atoms with E-state index < -0.39 is 17.7 Å². The summed E-state index contributed by atoms with van der Waals surface area (Å²) in [6, 6.07) is -0.691. The summed E-state index contributed by atoms with van der Waals surface area (Å²) in [7, 11) is 3.28. The molecule has 2 amide bonds. The van der Waals surface area contributed by atoms with E-state index in [1.165, 1.54) is 15.9 Å². The van der Waals surface area contributed by atoms with Crippen LogP contribution in [0, 0.1) is 5.41 Å². The molecule has 0 fully saturated rings. The van der Waals surface area contributed by atoms with Gasteiger partial charge in [-0.2, -0.15) is 0 Å². The van der Waals surface area contributed by atoms with E-state index in [9.17, 15) is 9.59 Å². The Labute approximate surface area is 143 Å². The van der Waals surface area contributed by atoms with E-state index in [1.807, 2.05) is 20.8 Å². The van der Waals surface area contributed by atoms with Crippen molar-refractivity contribution in [1.82, 2.24) is 19.7 Å². The van der Waals surface area contributed by atoms with Crippen LogP contribution in [0.1, 0.15) is 48.0 Å². The molecule has 1 aromatic rings. The first-order chi connectivity index (χ1) is 10.8. The highest BCUT2D eigenvalue weighted by Crippen LogP contribution is 2.25. The molecule has 1 atom stereocenters. The van der Waals surface area contributed by atoms with E-state index >= 15 is 0 Å². The van der Waals surface area contributed by atoms with E-state index in [0.29, 0.717) is 6.42 Å². The van der Waals surface area contributed by atoms with Gasteiger partial charge in [0.1, 0.15) is 18.0 Å². The molecule has 8 nitrogen and oxygen atoms in total. The highest BCUT2D eigenvalue weighted by atomic mass is 16.6. The zero-order valence-corrected chi connectivity index (χ0v) is 15.9. The van der Waals surface area contributed by atoms with Crippen LogP contribution in [-0.2, 0) is 16.6 Å². The Hall–Kier alpha value is -2.12. The molecule has 0 aliphatic heterocycles. The Kier molecular flexibility index (Phi) is 5.97. The Morgan fingerprint density at radius 3 is 2.29 bits per heavy atom. The molecule has 0 aliphatic carbocycles. The van der Waals surface area contributed by atoms with E-state index in [1.54, 1.807) is 34.9 Å². The number of hydrogen-bond acceptors (Lipinski definition) is 5. The van der Waals surface area contributed by atoms with Crippen LogP contribution in [0.2, 0.25) is 0 Å². The van der Waals surface area contributed by atoms with Crippen molar-refractivity contribution in [2.45, 2.75) is 59.6 Å². The molecule has 1 rings (SSSR count). The quantitative estimate of drug-likeness (QED) is 0.910. The minimum atomic E-state index is -0.691. The van der Waals surface area contributed by atoms with Gasteiger partial charge >= 0.3 is 6.09 Å². The van der Waals surface area contributed by atoms with Crippen molar-refractivity contribution >= 4 is 17.9 Å². The van der Waals surface area contributed by atoms with Crippen LogP contribution in [0.4, 0.5) is 10.7 Å². The minimum Gasteiger partial charge on any atom is -0.444 e. The zero-order valence-electron chi connectivity index (χ0n) is 15.9. The van der Waals surface area contributed by atoms with Gasteiger partial charge in [0.05, 0.1) is 0 Å². The molecule has 24 heavy (non-hydrogen) atoms. The Bertz CT molecular complexity index is 583. The fourth-order valence-electron chi connectivity index (χ4n) is 2.04. The maximum absolute atomic E-state index is 12.7. The van der Waals surface area contributed by atoms with Gasteiger partial charge in [-0.1, -0.05) is 20.8 Å². The second-order valence-corrected chi connectivity index (χ2v) is 8.10. The van der Waals surface area contributed by atoms with Gasteiger partial charge < -0.3 is 4.74 Å². The number of aromatic nitrogens is 3. The fraction of sp³-hybridized carbons (Fsp3) is 0.750. The molecule has 1 aromatic heterocycles. The van der Waals surface area contributed by atoms with Crippen LogP contribution in [0.3, 0.4) is 0 Å². The van der Waals surface area contributed by atoms with Crippen LogP contribution in [0.5, 0.6) is 0 Å². The van der Waals surface area contributed by atoms with Gasteiger partial charge in [-0.05, 0) is 32.6 Å². The van der Waals surface area contributed by atoms with E-state index in [2.05, 4.69) is 15.4 Å². The average molecular weight is 339 g/mol. The number of rotatable bonds is 4. The number of anilines is 1. The third-order valence-corrected chi connectivity index (χ3v) is 3.09. The molecular formula is C16H29N5O3. The number of likely N-dealkylation sites (N-methyl/N-ethyl adjacent to an activating group) is 1. The summed E-state index contributed by atoms with van der Waals surface area (Å²) in [5.41, 5.74) is -0.785. The van der Waals surface area contributed by atoms with Crippen molar-refractivity contribution in [2.75, 3.05) is 12.4 Å². The predicted molar refractivity (Wildman–Crippen MR) is 91.5 cm³/mol. The topological polar surface area (TPSA) is 89.4 Å². The molecule has 8 heteroatoms. The summed E-state index contributed by atoms with van der Waals surface area (Å²) >= 11 is 0. The summed E-state index contributed by atoms with van der Waals surface area (Å²) in [6.45, 7) is 11.4. The standard InChI is InChI=1S/C16H29N5O3/c1-15(2,3)9-11(21(8)14(23)24-16(4,5)6)12(22)18-13-17-10-20(7)19-13/h10-11H,9H2,1-8H3,(H,18,19,22)/t11-/m0/s1. The SMILES string of the molecule is CN(C(=O)OC(C)(C)C)[C@@H](CC(C)(C)C)C(=O)Nc1ncn(C)n1. The Morgan fingerprint density at radius 1 is 1.29 bits per heavy atom. The predicted octanol–water partition coefficient (Wildman–Crippen LogP) is 2.43. The van der Waals surface area contributed by atoms with Crippen molar-refractivity contribution in [3.8, 4) is 0 Å². The monoisotopic (exact) mass is 339 g/mol. The van der Waals surface area contributed by atoms with Gasteiger partial charge in [-0.15, -0.1) is 5.10 Å². The zero-order chi connectivity index (χ0) is 18.7. The first kappa shape index (κ1) is 19.9. The minimum absolute atomic E-state index is 0.157. The molecule has 0 spiro atoms. The van der Waals surface area contributed by atoms with Crippen LogP contribution in [0.25, 0.3) is 0 Å². The third kappa shape index (κ3) is 6.55. The molecule has 1 N–H and O–H groups in total. The summed E-state index contributed by atoms with van der Waals surface area (Å²) in [5, 5.41) is 6.68. The molecule has 0 radical (unpaired) electrons. The lowest BCUT2D eigenvalue weighted by atomic mass is 9.87. The molecule has 0 unspecified atom stereocenters. The van der Waals surface area contributed by atoms with Crippen LogP contribution in [-0.4, -0.2) is 50.4 Å². The summed E-state index contributed by atoms with van der Waals surface area (Å²) in [4.78, 5) is 30.3. The molecule has 136 valence electrons. The highest BCUT2D eigenvalue weighted by molar-refractivity contribution is 5.95. The van der Waals surface area contributed by atoms with Gasteiger partial charge in [0.2, 0.25) is 11.9 Å². The molecule has 0 aliphatic rings. The Morgan fingerprint density at radius 2 is 1.88 bits per heavy atom. The summed E-state index contributed by atoms with van der Waals surface area (Å²) in [5.74, 6) is -0.136. The van der Waals surface area contributed by atoms with Crippen molar-refractivity contribution < 1.29 is 14.3 Å². The number of ether oxygens (including phenoxy) is 1. The van der Waals surface area contributed by atoms with Gasteiger partial charge in [-0.3, -0.25) is 19.7 Å².